The summed E-state index contributed by atoms with van der Waals surface area (Å²) < 4.78 is 68.8. The summed E-state index contributed by atoms with van der Waals surface area (Å²) >= 11 is 6.39. The molecule has 0 aliphatic carbocycles. The van der Waals surface area contributed by atoms with Crippen molar-refractivity contribution in [3.8, 4) is 0 Å². The molecule has 3 heterocycles. The summed E-state index contributed by atoms with van der Waals surface area (Å²) in [6.45, 7) is 6.93. The van der Waals surface area contributed by atoms with Crippen molar-refractivity contribution in [2.75, 3.05) is 31.1 Å². The van der Waals surface area contributed by atoms with E-state index in [2.05, 4.69) is 19.8 Å². The zero-order valence-electron chi connectivity index (χ0n) is 24.6. The van der Waals surface area contributed by atoms with Crippen LogP contribution in [0.1, 0.15) is 74.2 Å². The van der Waals surface area contributed by atoms with Gasteiger partial charge in [-0.2, -0.15) is 13.2 Å². The van der Waals surface area contributed by atoms with E-state index in [1.807, 2.05) is 0 Å². The number of alkyl halides is 3. The monoisotopic (exact) mass is 634 g/mol. The van der Waals surface area contributed by atoms with Crippen LogP contribution in [0, 0.1) is 0 Å². The molecule has 2 aliphatic heterocycles. The Bertz CT molecular complexity index is 1530. The molecule has 0 spiro atoms. The van der Waals surface area contributed by atoms with Crippen LogP contribution in [-0.4, -0.2) is 60.8 Å². The molecular weight excluding hydrogens is 597 g/mol. The third-order valence-corrected chi connectivity index (χ3v) is 11.2. The summed E-state index contributed by atoms with van der Waals surface area (Å²) in [4.78, 5) is 13.5. The first-order chi connectivity index (χ1) is 20.4. The van der Waals surface area contributed by atoms with Gasteiger partial charge in [0.05, 0.1) is 26.4 Å². The number of aromatic nitrogens is 2. The number of halogens is 4. The Labute approximate surface area is 257 Å². The number of hydrogen-bond acceptors (Lipinski definition) is 6. The molecular formula is C32H38ClF3N4O2S. The van der Waals surface area contributed by atoms with Crippen LogP contribution >= 0.6 is 11.6 Å². The van der Waals surface area contributed by atoms with Crippen molar-refractivity contribution in [1.82, 2.24) is 14.9 Å². The van der Waals surface area contributed by atoms with Gasteiger partial charge in [0.15, 0.2) is 9.84 Å². The lowest BCUT2D eigenvalue weighted by Gasteiger charge is -2.41. The smallest absolute Gasteiger partial charge is 0.371 e. The second-order valence-corrected chi connectivity index (χ2v) is 14.7. The number of sulfone groups is 1. The number of rotatable bonds is 8. The normalized spacial score (nSPS) is 17.5. The Kier molecular flexibility index (Phi) is 9.68. The van der Waals surface area contributed by atoms with E-state index in [0.29, 0.717) is 23.0 Å². The van der Waals surface area contributed by atoms with Crippen molar-refractivity contribution < 1.29 is 21.6 Å². The maximum absolute atomic E-state index is 14.3. The van der Waals surface area contributed by atoms with Crippen LogP contribution in [0.4, 0.5) is 18.9 Å². The highest BCUT2D eigenvalue weighted by Crippen LogP contribution is 2.36. The highest BCUT2D eigenvalue weighted by Gasteiger charge is 2.35. The van der Waals surface area contributed by atoms with E-state index in [9.17, 15) is 21.6 Å². The van der Waals surface area contributed by atoms with Crippen LogP contribution in [0.2, 0.25) is 5.02 Å². The van der Waals surface area contributed by atoms with Gasteiger partial charge in [0, 0.05) is 43.9 Å². The van der Waals surface area contributed by atoms with Gasteiger partial charge >= 0.3 is 6.18 Å². The minimum atomic E-state index is -4.54. The summed E-state index contributed by atoms with van der Waals surface area (Å²) in [5, 5.41) is -0.394. The predicted molar refractivity (Wildman–Crippen MR) is 164 cm³/mol. The van der Waals surface area contributed by atoms with Gasteiger partial charge in [-0.1, -0.05) is 42.3 Å². The van der Waals surface area contributed by atoms with Gasteiger partial charge in [0.2, 0.25) is 0 Å². The molecule has 0 N–H and O–H groups in total. The first kappa shape index (κ1) is 31.7. The summed E-state index contributed by atoms with van der Waals surface area (Å²) in [6.07, 6.45) is 2.42. The van der Waals surface area contributed by atoms with Crippen molar-refractivity contribution in [3.05, 3.63) is 81.9 Å². The predicted octanol–water partition coefficient (Wildman–Crippen LogP) is 6.97. The number of hydrogen-bond donors (Lipinski definition) is 0. The van der Waals surface area contributed by atoms with E-state index in [1.165, 1.54) is 37.6 Å². The Balaban J connectivity index is 1.35. The molecule has 0 radical (unpaired) electrons. The van der Waals surface area contributed by atoms with Crippen molar-refractivity contribution in [3.63, 3.8) is 0 Å². The molecule has 2 aliphatic rings. The summed E-state index contributed by atoms with van der Waals surface area (Å²) in [7, 11) is -3.56. The second kappa shape index (κ2) is 13.1. The Hall–Kier alpha value is -2.69. The Morgan fingerprint density at radius 1 is 0.953 bits per heavy atom. The van der Waals surface area contributed by atoms with Crippen molar-refractivity contribution in [1.29, 1.82) is 0 Å². The number of piperidine rings is 2. The van der Waals surface area contributed by atoms with E-state index in [4.69, 9.17) is 11.6 Å². The fraction of sp³-hybridized carbons (Fsp3) is 0.500. The second-order valence-electron chi connectivity index (χ2n) is 11.8. The molecule has 232 valence electrons. The maximum Gasteiger partial charge on any atom is 0.416 e. The zero-order valence-corrected chi connectivity index (χ0v) is 26.1. The van der Waals surface area contributed by atoms with E-state index in [0.717, 1.165) is 39.0 Å². The lowest BCUT2D eigenvalue weighted by atomic mass is 9.98. The summed E-state index contributed by atoms with van der Waals surface area (Å²) in [5.41, 5.74) is 0.841. The topological polar surface area (TPSA) is 66.4 Å². The fourth-order valence-electron chi connectivity index (χ4n) is 6.14. The zero-order chi connectivity index (χ0) is 30.8. The lowest BCUT2D eigenvalue weighted by molar-refractivity contribution is -0.138. The molecule has 0 unspecified atom stereocenters. The molecule has 2 fully saturated rings. The molecule has 6 nitrogen and oxygen atoms in total. The van der Waals surface area contributed by atoms with Crippen molar-refractivity contribution >= 4 is 27.1 Å². The number of anilines is 1. The third-order valence-electron chi connectivity index (χ3n) is 8.61. The molecule has 1 aromatic heterocycles. The van der Waals surface area contributed by atoms with Gasteiger partial charge < -0.3 is 9.80 Å². The number of benzene rings is 2. The van der Waals surface area contributed by atoms with Crippen LogP contribution in [0.3, 0.4) is 0 Å². The van der Waals surface area contributed by atoms with E-state index in [1.54, 1.807) is 44.2 Å². The Morgan fingerprint density at radius 2 is 1.65 bits per heavy atom. The van der Waals surface area contributed by atoms with E-state index in [-0.39, 0.29) is 34.1 Å². The van der Waals surface area contributed by atoms with Crippen molar-refractivity contribution in [2.45, 2.75) is 81.2 Å². The first-order valence-electron chi connectivity index (χ1n) is 14.9. The van der Waals surface area contributed by atoms with Gasteiger partial charge in [-0.25, -0.2) is 18.4 Å². The number of nitrogens with zero attached hydrogens (tertiary/aromatic N) is 4. The van der Waals surface area contributed by atoms with Crippen LogP contribution in [0.25, 0.3) is 0 Å². The molecule has 2 aromatic carbocycles. The van der Waals surface area contributed by atoms with Crippen LogP contribution in [0.15, 0.2) is 53.6 Å². The van der Waals surface area contributed by atoms with Crippen LogP contribution in [-0.2, 0) is 28.9 Å². The van der Waals surface area contributed by atoms with Gasteiger partial charge in [0.1, 0.15) is 5.82 Å². The molecule has 2 saturated heterocycles. The Morgan fingerprint density at radius 3 is 2.33 bits per heavy atom. The largest absolute Gasteiger partial charge is 0.416 e. The minimum absolute atomic E-state index is 0.0792. The van der Waals surface area contributed by atoms with Gasteiger partial charge in [0.25, 0.3) is 0 Å². The molecule has 0 saturated carbocycles. The van der Waals surface area contributed by atoms with Gasteiger partial charge in [-0.05, 0) is 81.9 Å². The molecule has 0 bridgehead atoms. The van der Waals surface area contributed by atoms with Gasteiger partial charge in [-0.3, -0.25) is 0 Å². The quantitative estimate of drug-likeness (QED) is 0.267. The fourth-order valence-corrected chi connectivity index (χ4v) is 7.58. The standard InChI is InChI=1S/C32H38ClF3N4O2S/c1-22(2)43(41,42)30-9-5-4-8-24(30)18-29-28(33)21-37-31(38-29)19-23-10-11-26(20-27(23)32(34,35)36)40-16-12-25(13-17-40)39-14-6-3-7-15-39/h4-5,8-11,20-22,25H,3,6-7,12-19H2,1-2H3. The van der Waals surface area contributed by atoms with Crippen LogP contribution < -0.4 is 4.90 Å². The average Bonchev–Trinajstić information content (AvgIpc) is 2.99. The molecule has 0 amide bonds. The first-order valence-corrected chi connectivity index (χ1v) is 16.9. The van der Waals surface area contributed by atoms with Crippen LogP contribution in [0.5, 0.6) is 0 Å². The van der Waals surface area contributed by atoms with E-state index < -0.39 is 26.8 Å². The summed E-state index contributed by atoms with van der Waals surface area (Å²) in [5.74, 6) is 0.184. The SMILES string of the molecule is CC(C)S(=O)(=O)c1ccccc1Cc1nc(Cc2ccc(N3CCC(N4CCCCC4)CC3)cc2C(F)(F)F)ncc1Cl. The third kappa shape index (κ3) is 7.35. The average molecular weight is 635 g/mol. The maximum atomic E-state index is 14.3. The molecule has 3 aromatic rings. The number of likely N-dealkylation sites (tertiary alicyclic amines) is 1. The molecule has 11 heteroatoms. The minimum Gasteiger partial charge on any atom is -0.371 e. The highest BCUT2D eigenvalue weighted by molar-refractivity contribution is 7.92. The van der Waals surface area contributed by atoms with Gasteiger partial charge in [-0.15, -0.1) is 0 Å². The molecule has 0 atom stereocenters. The lowest BCUT2D eigenvalue weighted by Crippen LogP contribution is -2.46. The molecule has 5 rings (SSSR count). The molecule has 43 heavy (non-hydrogen) atoms. The van der Waals surface area contributed by atoms with Crippen molar-refractivity contribution in [2.24, 2.45) is 0 Å². The highest BCUT2D eigenvalue weighted by atomic mass is 35.5. The van der Waals surface area contributed by atoms with E-state index >= 15 is 0 Å². The summed E-state index contributed by atoms with van der Waals surface area (Å²) in [6, 6.07) is 11.7.